The predicted molar refractivity (Wildman–Crippen MR) is 61.1 cm³/mol. The predicted octanol–water partition coefficient (Wildman–Crippen LogP) is 4.78. The van der Waals surface area contributed by atoms with Crippen molar-refractivity contribution in [3.63, 3.8) is 0 Å². The highest BCUT2D eigenvalue weighted by Crippen LogP contribution is 2.39. The zero-order valence-electron chi connectivity index (χ0n) is 8.59. The van der Waals surface area contributed by atoms with Gasteiger partial charge in [-0.2, -0.15) is 22.0 Å². The Morgan fingerprint density at radius 2 is 1.42 bits per heavy atom. The number of amides is 1. The van der Waals surface area contributed by atoms with Gasteiger partial charge in [-0.1, -0.05) is 34.8 Å². The van der Waals surface area contributed by atoms with Crippen molar-refractivity contribution < 1.29 is 26.7 Å². The number of rotatable bonds is 2. The average Bonchev–Trinajstić information content (AvgIpc) is 2.21. The average molecular weight is 342 g/mol. The number of hydrogen-bond acceptors (Lipinski definition) is 1. The van der Waals surface area contributed by atoms with Crippen molar-refractivity contribution in [1.29, 1.82) is 0 Å². The first-order valence-corrected chi connectivity index (χ1v) is 5.50. The lowest BCUT2D eigenvalue weighted by Gasteiger charge is -2.19. The third kappa shape index (κ3) is 3.40. The molecular weight excluding hydrogens is 339 g/mol. The van der Waals surface area contributed by atoms with Gasteiger partial charge < -0.3 is 5.32 Å². The smallest absolute Gasteiger partial charge is 0.318 e. The molecule has 1 aromatic carbocycles. The summed E-state index contributed by atoms with van der Waals surface area (Å²) < 4.78 is 61.3. The van der Waals surface area contributed by atoms with E-state index in [-0.39, 0.29) is 15.1 Å². The van der Waals surface area contributed by atoms with E-state index in [1.807, 2.05) is 0 Å². The summed E-state index contributed by atoms with van der Waals surface area (Å²) in [6.07, 6.45) is -6.03. The Labute approximate surface area is 118 Å². The fraction of sp³-hybridized carbons (Fsp3) is 0.222. The Morgan fingerprint density at radius 1 is 1.00 bits per heavy atom. The Kier molecular flexibility index (Phi) is 4.54. The first-order chi connectivity index (χ1) is 8.46. The van der Waals surface area contributed by atoms with E-state index in [0.29, 0.717) is 0 Å². The molecule has 0 heterocycles. The maximum absolute atomic E-state index is 12.7. The highest BCUT2D eigenvalue weighted by atomic mass is 35.5. The van der Waals surface area contributed by atoms with E-state index in [0.717, 1.165) is 12.1 Å². The summed E-state index contributed by atoms with van der Waals surface area (Å²) in [6.45, 7) is 0. The Morgan fingerprint density at radius 3 is 1.79 bits per heavy atom. The molecule has 2 nitrogen and oxygen atoms in total. The van der Waals surface area contributed by atoms with Gasteiger partial charge in [0.15, 0.2) is 0 Å². The van der Waals surface area contributed by atoms with Crippen LogP contribution in [0.4, 0.5) is 27.6 Å². The number of hydrogen-bond donors (Lipinski definition) is 1. The van der Waals surface area contributed by atoms with Crippen LogP contribution >= 0.6 is 34.8 Å². The molecule has 1 N–H and O–H groups in total. The van der Waals surface area contributed by atoms with Crippen LogP contribution in [0.5, 0.6) is 0 Å². The standard InChI is InChI=1S/C9H3Cl3F5NO/c10-3-1-4(11)6(5(12)2-3)18-7(19)8(13,14)9(15,16)17/h1-2H,(H,18,19). The molecule has 19 heavy (non-hydrogen) atoms. The minimum atomic E-state index is -6.03. The Hall–Kier alpha value is -0.790. The van der Waals surface area contributed by atoms with Crippen LogP contribution in [0, 0.1) is 0 Å². The third-order valence-electron chi connectivity index (χ3n) is 1.89. The molecule has 0 saturated heterocycles. The SMILES string of the molecule is O=C(Nc1c(Cl)cc(Cl)cc1Cl)C(F)(F)C(F)(F)F. The molecule has 10 heteroatoms. The van der Waals surface area contributed by atoms with Crippen LogP contribution in [-0.4, -0.2) is 18.0 Å². The number of benzene rings is 1. The summed E-state index contributed by atoms with van der Waals surface area (Å²) in [7, 11) is 0. The topological polar surface area (TPSA) is 29.1 Å². The molecule has 1 rings (SSSR count). The van der Waals surface area contributed by atoms with Crippen LogP contribution in [0.15, 0.2) is 12.1 Å². The number of halogens is 8. The Balaban J connectivity index is 3.08. The molecule has 1 aromatic rings. The van der Waals surface area contributed by atoms with Gasteiger partial charge >= 0.3 is 18.0 Å². The fourth-order valence-corrected chi connectivity index (χ4v) is 1.89. The van der Waals surface area contributed by atoms with E-state index < -0.39 is 23.7 Å². The van der Waals surface area contributed by atoms with Crippen molar-refractivity contribution in [1.82, 2.24) is 0 Å². The molecule has 0 spiro atoms. The van der Waals surface area contributed by atoms with Gasteiger partial charge in [0.05, 0.1) is 15.7 Å². The molecule has 0 unspecified atom stereocenters. The lowest BCUT2D eigenvalue weighted by atomic mass is 10.2. The minimum Gasteiger partial charge on any atom is -0.318 e. The maximum atomic E-state index is 12.7. The molecule has 0 radical (unpaired) electrons. The molecule has 0 aromatic heterocycles. The first-order valence-electron chi connectivity index (χ1n) is 4.37. The van der Waals surface area contributed by atoms with E-state index in [2.05, 4.69) is 0 Å². The van der Waals surface area contributed by atoms with Gasteiger partial charge in [0.25, 0.3) is 0 Å². The summed E-state index contributed by atoms with van der Waals surface area (Å²) in [4.78, 5) is 10.9. The second-order valence-electron chi connectivity index (χ2n) is 3.27. The highest BCUT2D eigenvalue weighted by Gasteiger charge is 2.63. The van der Waals surface area contributed by atoms with Gasteiger partial charge in [0.1, 0.15) is 0 Å². The van der Waals surface area contributed by atoms with Crippen LogP contribution in [0.3, 0.4) is 0 Å². The first kappa shape index (κ1) is 16.3. The van der Waals surface area contributed by atoms with Crippen molar-refractivity contribution in [3.8, 4) is 0 Å². The van der Waals surface area contributed by atoms with Crippen LogP contribution in [-0.2, 0) is 4.79 Å². The van der Waals surface area contributed by atoms with E-state index in [9.17, 15) is 26.7 Å². The minimum absolute atomic E-state index is 0.0237. The van der Waals surface area contributed by atoms with E-state index in [1.165, 1.54) is 5.32 Å². The summed E-state index contributed by atoms with van der Waals surface area (Å²) in [5, 5.41) is 0.602. The highest BCUT2D eigenvalue weighted by molar-refractivity contribution is 6.42. The van der Waals surface area contributed by atoms with E-state index in [4.69, 9.17) is 34.8 Å². The second kappa shape index (κ2) is 5.30. The van der Waals surface area contributed by atoms with Gasteiger partial charge in [-0.3, -0.25) is 4.79 Å². The summed E-state index contributed by atoms with van der Waals surface area (Å²) in [5.74, 6) is -8.16. The number of carbonyl (C=O) groups is 1. The van der Waals surface area contributed by atoms with Gasteiger partial charge in [0, 0.05) is 5.02 Å². The van der Waals surface area contributed by atoms with Gasteiger partial charge in [-0.25, -0.2) is 0 Å². The third-order valence-corrected chi connectivity index (χ3v) is 2.70. The monoisotopic (exact) mass is 341 g/mol. The Bertz CT molecular complexity index is 494. The summed E-state index contributed by atoms with van der Waals surface area (Å²) in [6, 6.07) is 2.05. The van der Waals surface area contributed by atoms with Crippen molar-refractivity contribution in [2.24, 2.45) is 0 Å². The van der Waals surface area contributed by atoms with Crippen LogP contribution in [0.1, 0.15) is 0 Å². The molecule has 0 atom stereocenters. The number of carbonyl (C=O) groups excluding carboxylic acids is 1. The van der Waals surface area contributed by atoms with Crippen LogP contribution in [0.2, 0.25) is 15.1 Å². The number of anilines is 1. The van der Waals surface area contributed by atoms with Crippen LogP contribution < -0.4 is 5.32 Å². The molecule has 0 bridgehead atoms. The molecule has 0 saturated carbocycles. The van der Waals surface area contributed by atoms with E-state index in [1.54, 1.807) is 0 Å². The normalized spacial score (nSPS) is 12.4. The summed E-state index contributed by atoms with van der Waals surface area (Å²) in [5.41, 5.74) is -0.582. The van der Waals surface area contributed by atoms with Gasteiger partial charge in [-0.15, -0.1) is 0 Å². The van der Waals surface area contributed by atoms with Crippen molar-refractivity contribution in [2.45, 2.75) is 12.1 Å². The number of nitrogens with one attached hydrogen (secondary N) is 1. The van der Waals surface area contributed by atoms with Gasteiger partial charge in [-0.05, 0) is 12.1 Å². The summed E-state index contributed by atoms with van der Waals surface area (Å²) >= 11 is 16.6. The molecule has 106 valence electrons. The molecule has 0 fully saturated rings. The molecule has 0 aliphatic rings. The maximum Gasteiger partial charge on any atom is 0.463 e. The zero-order valence-corrected chi connectivity index (χ0v) is 10.9. The van der Waals surface area contributed by atoms with Crippen LogP contribution in [0.25, 0.3) is 0 Å². The number of alkyl halides is 5. The zero-order chi connectivity index (χ0) is 15.0. The fourth-order valence-electron chi connectivity index (χ4n) is 0.982. The van der Waals surface area contributed by atoms with Crippen molar-refractivity contribution >= 4 is 46.4 Å². The molecule has 0 aliphatic heterocycles. The largest absolute Gasteiger partial charge is 0.463 e. The lowest BCUT2D eigenvalue weighted by molar-refractivity contribution is -0.267. The van der Waals surface area contributed by atoms with E-state index >= 15 is 0 Å². The lowest BCUT2D eigenvalue weighted by Crippen LogP contribution is -2.47. The quantitative estimate of drug-likeness (QED) is 0.770. The van der Waals surface area contributed by atoms with Crippen molar-refractivity contribution in [2.75, 3.05) is 5.32 Å². The van der Waals surface area contributed by atoms with Crippen molar-refractivity contribution in [3.05, 3.63) is 27.2 Å². The molecular formula is C9H3Cl3F5NO. The molecule has 0 aliphatic carbocycles. The van der Waals surface area contributed by atoms with Gasteiger partial charge in [0.2, 0.25) is 0 Å². The second-order valence-corrected chi connectivity index (χ2v) is 4.52. The molecule has 1 amide bonds.